The van der Waals surface area contributed by atoms with Gasteiger partial charge in [0.05, 0.1) is 20.0 Å². The van der Waals surface area contributed by atoms with E-state index in [2.05, 4.69) is 15.5 Å². The fraction of sp³-hybridized carbons (Fsp3) is 0.333. The largest absolute Gasteiger partial charge is 0.493 e. The molecule has 9 nitrogen and oxygen atoms in total. The van der Waals surface area contributed by atoms with Gasteiger partial charge in [-0.2, -0.15) is 4.68 Å². The number of nitrogen functional groups attached to an aromatic ring is 1. The van der Waals surface area contributed by atoms with E-state index in [1.165, 1.54) is 6.92 Å². The molecule has 2 rings (SSSR count). The van der Waals surface area contributed by atoms with Crippen molar-refractivity contribution in [1.29, 1.82) is 0 Å². The highest BCUT2D eigenvalue weighted by molar-refractivity contribution is 7.99. The minimum absolute atomic E-state index is 0.0572. The van der Waals surface area contributed by atoms with Gasteiger partial charge in [-0.3, -0.25) is 9.59 Å². The Morgan fingerprint density at radius 3 is 2.68 bits per heavy atom. The van der Waals surface area contributed by atoms with Crippen LogP contribution < -0.4 is 26.2 Å². The van der Waals surface area contributed by atoms with E-state index in [1.54, 1.807) is 26.4 Å². The van der Waals surface area contributed by atoms with Gasteiger partial charge in [-0.25, -0.2) is 0 Å². The summed E-state index contributed by atoms with van der Waals surface area (Å²) in [6.07, 6.45) is 0. The molecule has 0 aliphatic heterocycles. The molecule has 1 aromatic carbocycles. The molecule has 134 valence electrons. The standard InChI is InChI=1S/C15H19N5O4S/c1-9-14(22)20(16)15(19-18-9)25-8-13(21)17-7-10-4-5-11(23-2)12(6-10)24-3/h4-6H,7-8,16H2,1-3H3,(H,17,21). The Labute approximate surface area is 148 Å². The molecule has 0 radical (unpaired) electrons. The first kappa shape index (κ1) is 18.6. The number of carbonyl (C=O) groups is 1. The SMILES string of the molecule is COc1ccc(CNC(=O)CSc2nnc(C)c(=O)n2N)cc1OC. The number of aromatic nitrogens is 3. The molecular formula is C15H19N5O4S. The summed E-state index contributed by atoms with van der Waals surface area (Å²) < 4.78 is 11.3. The zero-order chi connectivity index (χ0) is 18.4. The highest BCUT2D eigenvalue weighted by atomic mass is 32.2. The lowest BCUT2D eigenvalue weighted by atomic mass is 10.2. The van der Waals surface area contributed by atoms with Gasteiger partial charge in [-0.05, 0) is 24.6 Å². The molecule has 3 N–H and O–H groups in total. The molecule has 0 aliphatic rings. The Hall–Kier alpha value is -2.75. The number of carbonyl (C=O) groups excluding carboxylic acids is 1. The van der Waals surface area contributed by atoms with Gasteiger partial charge in [-0.1, -0.05) is 17.8 Å². The fourth-order valence-corrected chi connectivity index (χ4v) is 2.62. The summed E-state index contributed by atoms with van der Waals surface area (Å²) in [7, 11) is 3.10. The normalized spacial score (nSPS) is 10.4. The predicted octanol–water partition coefficient (Wildman–Crippen LogP) is 0.0862. The van der Waals surface area contributed by atoms with Crippen molar-refractivity contribution >= 4 is 17.7 Å². The topological polar surface area (TPSA) is 121 Å². The van der Waals surface area contributed by atoms with Crippen LogP contribution in [0.15, 0.2) is 28.2 Å². The number of benzene rings is 1. The van der Waals surface area contributed by atoms with E-state index < -0.39 is 5.56 Å². The maximum absolute atomic E-state index is 12.0. The van der Waals surface area contributed by atoms with Crippen LogP contribution in [0.1, 0.15) is 11.3 Å². The summed E-state index contributed by atoms with van der Waals surface area (Å²) in [5.74, 6) is 6.65. The Kier molecular flexibility index (Phi) is 6.23. The van der Waals surface area contributed by atoms with Crippen molar-refractivity contribution in [2.75, 3.05) is 25.8 Å². The number of nitrogens with zero attached hydrogens (tertiary/aromatic N) is 3. The zero-order valence-electron chi connectivity index (χ0n) is 14.1. The summed E-state index contributed by atoms with van der Waals surface area (Å²) in [6, 6.07) is 5.39. The molecule has 0 bridgehead atoms. The van der Waals surface area contributed by atoms with Crippen LogP contribution >= 0.6 is 11.8 Å². The number of rotatable bonds is 7. The smallest absolute Gasteiger partial charge is 0.294 e. The second kappa shape index (κ2) is 8.38. The summed E-state index contributed by atoms with van der Waals surface area (Å²) >= 11 is 1.03. The number of methoxy groups -OCH3 is 2. The van der Waals surface area contributed by atoms with E-state index >= 15 is 0 Å². The summed E-state index contributed by atoms with van der Waals surface area (Å²) in [4.78, 5) is 23.6. The summed E-state index contributed by atoms with van der Waals surface area (Å²) in [5.41, 5.74) is 0.620. The van der Waals surface area contributed by atoms with Gasteiger partial charge in [0.25, 0.3) is 5.56 Å². The molecule has 0 fully saturated rings. The van der Waals surface area contributed by atoms with Crippen LogP contribution in [0.3, 0.4) is 0 Å². The molecule has 0 saturated carbocycles. The number of hydrogen-bond acceptors (Lipinski definition) is 8. The predicted molar refractivity (Wildman–Crippen MR) is 93.3 cm³/mol. The number of nitrogens with one attached hydrogen (secondary N) is 1. The molecule has 25 heavy (non-hydrogen) atoms. The highest BCUT2D eigenvalue weighted by Gasteiger charge is 2.11. The molecular weight excluding hydrogens is 346 g/mol. The van der Waals surface area contributed by atoms with Crippen molar-refractivity contribution in [3.63, 3.8) is 0 Å². The third kappa shape index (κ3) is 4.63. The van der Waals surface area contributed by atoms with Crippen molar-refractivity contribution in [2.24, 2.45) is 0 Å². The maximum Gasteiger partial charge on any atom is 0.294 e. The quantitative estimate of drug-likeness (QED) is 0.523. The molecule has 0 aliphatic carbocycles. The summed E-state index contributed by atoms with van der Waals surface area (Å²) in [6.45, 7) is 1.84. The molecule has 2 aromatic rings. The second-order valence-electron chi connectivity index (χ2n) is 5.00. The van der Waals surface area contributed by atoms with Crippen molar-refractivity contribution in [2.45, 2.75) is 18.6 Å². The number of amides is 1. The molecule has 1 aromatic heterocycles. The Balaban J connectivity index is 1.91. The molecule has 0 spiro atoms. The zero-order valence-corrected chi connectivity index (χ0v) is 14.9. The molecule has 10 heteroatoms. The van der Waals surface area contributed by atoms with Crippen LogP contribution in [0.5, 0.6) is 11.5 Å². The van der Waals surface area contributed by atoms with Crippen LogP contribution in [0.25, 0.3) is 0 Å². The third-order valence-electron chi connectivity index (χ3n) is 3.29. The van der Waals surface area contributed by atoms with Crippen molar-refractivity contribution in [1.82, 2.24) is 20.2 Å². The Morgan fingerprint density at radius 1 is 1.28 bits per heavy atom. The number of thioether (sulfide) groups is 1. The molecule has 0 unspecified atom stereocenters. The number of ether oxygens (including phenoxy) is 2. The van der Waals surface area contributed by atoms with Crippen LogP contribution in [0, 0.1) is 6.92 Å². The van der Waals surface area contributed by atoms with Crippen LogP contribution in [-0.2, 0) is 11.3 Å². The van der Waals surface area contributed by atoms with E-state index in [4.69, 9.17) is 15.3 Å². The van der Waals surface area contributed by atoms with E-state index in [0.717, 1.165) is 22.0 Å². The lowest BCUT2D eigenvalue weighted by Crippen LogP contribution is -2.33. The van der Waals surface area contributed by atoms with Crippen LogP contribution in [-0.4, -0.2) is 40.8 Å². The number of nitrogens with two attached hydrogens (primary N) is 1. The fourth-order valence-electron chi connectivity index (χ4n) is 1.94. The van der Waals surface area contributed by atoms with Crippen LogP contribution in [0.2, 0.25) is 0 Å². The molecule has 0 saturated heterocycles. The van der Waals surface area contributed by atoms with Gasteiger partial charge >= 0.3 is 0 Å². The Morgan fingerprint density at radius 2 is 2.00 bits per heavy atom. The van der Waals surface area contributed by atoms with Gasteiger partial charge in [0.2, 0.25) is 11.1 Å². The molecule has 1 amide bonds. The van der Waals surface area contributed by atoms with Crippen molar-refractivity contribution < 1.29 is 14.3 Å². The number of aryl methyl sites for hydroxylation is 1. The minimum Gasteiger partial charge on any atom is -0.493 e. The lowest BCUT2D eigenvalue weighted by molar-refractivity contribution is -0.118. The number of hydrogen-bond donors (Lipinski definition) is 2. The third-order valence-corrected chi connectivity index (χ3v) is 4.23. The first-order chi connectivity index (χ1) is 12.0. The highest BCUT2D eigenvalue weighted by Crippen LogP contribution is 2.27. The summed E-state index contributed by atoms with van der Waals surface area (Å²) in [5, 5.41) is 10.5. The van der Waals surface area contributed by atoms with Crippen molar-refractivity contribution in [3.05, 3.63) is 39.8 Å². The van der Waals surface area contributed by atoms with Gasteiger partial charge in [-0.15, -0.1) is 10.2 Å². The molecule has 0 atom stereocenters. The average molecular weight is 365 g/mol. The van der Waals surface area contributed by atoms with Crippen LogP contribution in [0.4, 0.5) is 0 Å². The van der Waals surface area contributed by atoms with Gasteiger partial charge < -0.3 is 20.6 Å². The molecule has 1 heterocycles. The minimum atomic E-state index is -0.441. The maximum atomic E-state index is 12.0. The monoisotopic (exact) mass is 365 g/mol. The Bertz CT molecular complexity index is 824. The van der Waals surface area contributed by atoms with Crippen molar-refractivity contribution in [3.8, 4) is 11.5 Å². The van der Waals surface area contributed by atoms with Gasteiger partial charge in [0.1, 0.15) is 5.69 Å². The van der Waals surface area contributed by atoms with Gasteiger partial charge in [0.15, 0.2) is 11.5 Å². The van der Waals surface area contributed by atoms with E-state index in [-0.39, 0.29) is 22.5 Å². The average Bonchev–Trinajstić information content (AvgIpc) is 2.63. The lowest BCUT2D eigenvalue weighted by Gasteiger charge is -2.10. The van der Waals surface area contributed by atoms with Gasteiger partial charge in [0, 0.05) is 6.54 Å². The second-order valence-corrected chi connectivity index (χ2v) is 5.94. The van der Waals surface area contributed by atoms with E-state index in [1.807, 2.05) is 6.07 Å². The van der Waals surface area contributed by atoms with E-state index in [0.29, 0.717) is 18.0 Å². The first-order valence-corrected chi connectivity index (χ1v) is 8.26. The first-order valence-electron chi connectivity index (χ1n) is 7.28. The van der Waals surface area contributed by atoms with E-state index in [9.17, 15) is 9.59 Å².